The molecule has 0 radical (unpaired) electrons. The molecule has 1 atom stereocenters. The number of hydrogen-bond donors (Lipinski definition) is 2. The summed E-state index contributed by atoms with van der Waals surface area (Å²) in [5.41, 5.74) is 0. The Balaban J connectivity index is 2.92. The lowest BCUT2D eigenvalue weighted by Gasteiger charge is -2.08. The Labute approximate surface area is 81.5 Å². The number of aliphatic hydroxyl groups excluding tert-OH is 1. The largest absolute Gasteiger partial charge is 0.392 e. The molecule has 0 amide bonds. The zero-order valence-corrected chi connectivity index (χ0v) is 9.05. The van der Waals surface area contributed by atoms with Crippen molar-refractivity contribution in [3.05, 3.63) is 0 Å². The van der Waals surface area contributed by atoms with E-state index in [-0.39, 0.29) is 6.10 Å². The second-order valence-corrected chi connectivity index (χ2v) is 3.88. The van der Waals surface area contributed by atoms with Crippen molar-refractivity contribution < 1.29 is 9.84 Å². The lowest BCUT2D eigenvalue weighted by Crippen LogP contribution is -2.26. The highest BCUT2D eigenvalue weighted by Crippen LogP contribution is 1.92. The first-order valence-electron chi connectivity index (χ1n) is 5.09. The van der Waals surface area contributed by atoms with Crippen LogP contribution in [0.5, 0.6) is 0 Å². The number of aliphatic hydroxyl groups is 1. The van der Waals surface area contributed by atoms with E-state index in [1.807, 2.05) is 0 Å². The minimum Gasteiger partial charge on any atom is -0.392 e. The third-order valence-electron chi connectivity index (χ3n) is 1.53. The third-order valence-corrected chi connectivity index (χ3v) is 1.53. The Morgan fingerprint density at radius 2 is 2.00 bits per heavy atom. The maximum Gasteiger partial charge on any atom is 0.0636 e. The molecule has 0 heterocycles. The topological polar surface area (TPSA) is 41.5 Å². The first-order chi connectivity index (χ1) is 6.13. The van der Waals surface area contributed by atoms with Gasteiger partial charge in [0.25, 0.3) is 0 Å². The van der Waals surface area contributed by atoms with E-state index in [0.29, 0.717) is 12.5 Å². The van der Waals surface area contributed by atoms with Crippen LogP contribution in [-0.2, 0) is 4.74 Å². The van der Waals surface area contributed by atoms with Crippen LogP contribution < -0.4 is 5.32 Å². The highest BCUT2D eigenvalue weighted by Gasteiger charge is 1.95. The number of nitrogens with one attached hydrogen (secondary N) is 1. The van der Waals surface area contributed by atoms with Crippen molar-refractivity contribution in [1.82, 2.24) is 5.32 Å². The van der Waals surface area contributed by atoms with Crippen molar-refractivity contribution in [1.29, 1.82) is 0 Å². The summed E-state index contributed by atoms with van der Waals surface area (Å²) in [6, 6.07) is 0. The van der Waals surface area contributed by atoms with Gasteiger partial charge in [0.1, 0.15) is 0 Å². The van der Waals surface area contributed by atoms with Crippen LogP contribution in [0.1, 0.15) is 27.2 Å². The summed E-state index contributed by atoms with van der Waals surface area (Å²) in [4.78, 5) is 0. The number of rotatable bonds is 8. The minimum absolute atomic E-state index is 0.253. The van der Waals surface area contributed by atoms with Gasteiger partial charge in [0, 0.05) is 19.8 Å². The predicted molar refractivity (Wildman–Crippen MR) is 54.8 cm³/mol. The Kier molecular flexibility index (Phi) is 8.40. The van der Waals surface area contributed by atoms with Crippen LogP contribution in [0.2, 0.25) is 0 Å². The minimum atomic E-state index is -0.253. The SMILES string of the molecule is CC(C)COCCCNCC(C)O. The fourth-order valence-corrected chi connectivity index (χ4v) is 0.929. The van der Waals surface area contributed by atoms with Crippen LogP contribution in [0.15, 0.2) is 0 Å². The van der Waals surface area contributed by atoms with Gasteiger partial charge in [-0.05, 0) is 25.8 Å². The molecule has 0 saturated heterocycles. The van der Waals surface area contributed by atoms with Crippen molar-refractivity contribution in [2.75, 3.05) is 26.3 Å². The molecule has 0 saturated carbocycles. The molecule has 3 nitrogen and oxygen atoms in total. The summed E-state index contributed by atoms with van der Waals surface area (Å²) in [5.74, 6) is 0.616. The average Bonchev–Trinajstić information content (AvgIpc) is 2.01. The zero-order chi connectivity index (χ0) is 10.1. The molecular weight excluding hydrogens is 166 g/mol. The molecule has 0 aliphatic carbocycles. The molecule has 0 fully saturated rings. The fourth-order valence-electron chi connectivity index (χ4n) is 0.929. The summed E-state index contributed by atoms with van der Waals surface area (Å²) in [7, 11) is 0. The van der Waals surface area contributed by atoms with Gasteiger partial charge < -0.3 is 15.2 Å². The van der Waals surface area contributed by atoms with Gasteiger partial charge in [0.2, 0.25) is 0 Å². The summed E-state index contributed by atoms with van der Waals surface area (Å²) in [5, 5.41) is 12.1. The Morgan fingerprint density at radius 1 is 1.31 bits per heavy atom. The molecule has 0 bridgehead atoms. The van der Waals surface area contributed by atoms with E-state index in [1.54, 1.807) is 6.92 Å². The Hall–Kier alpha value is -0.120. The van der Waals surface area contributed by atoms with Crippen LogP contribution >= 0.6 is 0 Å². The summed E-state index contributed by atoms with van der Waals surface area (Å²) < 4.78 is 5.40. The van der Waals surface area contributed by atoms with E-state index < -0.39 is 0 Å². The lowest BCUT2D eigenvalue weighted by atomic mass is 10.2. The number of ether oxygens (including phenoxy) is 1. The second kappa shape index (κ2) is 8.48. The van der Waals surface area contributed by atoms with E-state index in [4.69, 9.17) is 9.84 Å². The molecule has 0 rings (SSSR count). The van der Waals surface area contributed by atoms with Crippen LogP contribution in [0.3, 0.4) is 0 Å². The van der Waals surface area contributed by atoms with Gasteiger partial charge in [-0.3, -0.25) is 0 Å². The highest BCUT2D eigenvalue weighted by molar-refractivity contribution is 4.52. The highest BCUT2D eigenvalue weighted by atomic mass is 16.5. The molecule has 13 heavy (non-hydrogen) atoms. The van der Waals surface area contributed by atoms with E-state index in [1.165, 1.54) is 0 Å². The van der Waals surface area contributed by atoms with Gasteiger partial charge in [-0.1, -0.05) is 13.8 Å². The monoisotopic (exact) mass is 189 g/mol. The van der Waals surface area contributed by atoms with Gasteiger partial charge in [-0.25, -0.2) is 0 Å². The van der Waals surface area contributed by atoms with Gasteiger partial charge in [0.15, 0.2) is 0 Å². The quantitative estimate of drug-likeness (QED) is 0.560. The lowest BCUT2D eigenvalue weighted by molar-refractivity contribution is 0.107. The first kappa shape index (κ1) is 12.9. The molecule has 1 unspecified atom stereocenters. The molecule has 0 aliphatic rings. The Bertz CT molecular complexity index is 93.1. The number of hydrogen-bond acceptors (Lipinski definition) is 3. The maximum absolute atomic E-state index is 8.93. The van der Waals surface area contributed by atoms with E-state index in [9.17, 15) is 0 Å². The molecule has 0 aromatic carbocycles. The third kappa shape index (κ3) is 11.9. The molecule has 0 spiro atoms. The normalized spacial score (nSPS) is 13.6. The molecule has 80 valence electrons. The van der Waals surface area contributed by atoms with Crippen LogP contribution in [0.25, 0.3) is 0 Å². The van der Waals surface area contributed by atoms with E-state index in [2.05, 4.69) is 19.2 Å². The van der Waals surface area contributed by atoms with Crippen molar-refractivity contribution in [3.63, 3.8) is 0 Å². The molecule has 0 aromatic heterocycles. The average molecular weight is 189 g/mol. The second-order valence-electron chi connectivity index (χ2n) is 3.88. The van der Waals surface area contributed by atoms with Crippen molar-refractivity contribution in [3.8, 4) is 0 Å². The summed E-state index contributed by atoms with van der Waals surface area (Å²) in [6.07, 6.45) is 0.760. The predicted octanol–water partition coefficient (Wildman–Crippen LogP) is 1.02. The van der Waals surface area contributed by atoms with Crippen LogP contribution in [0, 0.1) is 5.92 Å². The fraction of sp³-hybridized carbons (Fsp3) is 1.00. The van der Waals surface area contributed by atoms with Crippen LogP contribution in [0.4, 0.5) is 0 Å². The van der Waals surface area contributed by atoms with Gasteiger partial charge in [-0.2, -0.15) is 0 Å². The van der Waals surface area contributed by atoms with E-state index >= 15 is 0 Å². The van der Waals surface area contributed by atoms with E-state index in [0.717, 1.165) is 26.2 Å². The molecular formula is C10H23NO2. The Morgan fingerprint density at radius 3 is 2.54 bits per heavy atom. The molecule has 2 N–H and O–H groups in total. The van der Waals surface area contributed by atoms with Crippen molar-refractivity contribution in [2.45, 2.75) is 33.3 Å². The van der Waals surface area contributed by atoms with Gasteiger partial charge >= 0.3 is 0 Å². The maximum atomic E-state index is 8.93. The van der Waals surface area contributed by atoms with Crippen LogP contribution in [-0.4, -0.2) is 37.5 Å². The first-order valence-corrected chi connectivity index (χ1v) is 5.09. The van der Waals surface area contributed by atoms with Crippen molar-refractivity contribution >= 4 is 0 Å². The van der Waals surface area contributed by atoms with Gasteiger partial charge in [-0.15, -0.1) is 0 Å². The molecule has 3 heteroatoms. The smallest absolute Gasteiger partial charge is 0.0636 e. The van der Waals surface area contributed by atoms with Crippen molar-refractivity contribution in [2.24, 2.45) is 5.92 Å². The standard InChI is InChI=1S/C10H23NO2/c1-9(2)8-13-6-4-5-11-7-10(3)12/h9-12H,4-8H2,1-3H3. The summed E-state index contributed by atoms with van der Waals surface area (Å²) in [6.45, 7) is 9.31. The molecule has 0 aromatic rings. The summed E-state index contributed by atoms with van der Waals surface area (Å²) >= 11 is 0. The molecule has 0 aliphatic heterocycles. The van der Waals surface area contributed by atoms with Gasteiger partial charge in [0.05, 0.1) is 6.10 Å². The zero-order valence-electron chi connectivity index (χ0n) is 9.05.